The van der Waals surface area contributed by atoms with E-state index in [0.29, 0.717) is 12.2 Å². The molecule has 0 saturated carbocycles. The molecule has 0 aliphatic rings. The molecule has 0 radical (unpaired) electrons. The maximum atomic E-state index is 13.5. The third-order valence-corrected chi connectivity index (χ3v) is 3.79. The van der Waals surface area contributed by atoms with E-state index in [2.05, 4.69) is 26.0 Å². The van der Waals surface area contributed by atoms with Crippen molar-refractivity contribution in [2.45, 2.75) is 6.54 Å². The van der Waals surface area contributed by atoms with Crippen molar-refractivity contribution >= 4 is 37.3 Å². The molecular weight excluding hydrogens is 359 g/mol. The number of hydrogen-bond donors (Lipinski definition) is 2. The molecule has 0 saturated heterocycles. The Hall–Kier alpha value is -1.60. The SMILES string of the molecule is CS(=O)(=O)Nc1cc(NCc2ccc(Br)cc2)ccc1F. The summed E-state index contributed by atoms with van der Waals surface area (Å²) in [5, 5.41) is 3.12. The van der Waals surface area contributed by atoms with E-state index in [4.69, 9.17) is 0 Å². The summed E-state index contributed by atoms with van der Waals surface area (Å²) in [5.41, 5.74) is 1.61. The Balaban J connectivity index is 2.10. The summed E-state index contributed by atoms with van der Waals surface area (Å²) >= 11 is 3.36. The first-order valence-electron chi connectivity index (χ1n) is 6.09. The van der Waals surface area contributed by atoms with Crippen LogP contribution in [0.4, 0.5) is 15.8 Å². The normalized spacial score (nSPS) is 11.2. The van der Waals surface area contributed by atoms with Crippen LogP contribution in [0.25, 0.3) is 0 Å². The molecule has 0 aliphatic heterocycles. The minimum Gasteiger partial charge on any atom is -0.381 e. The van der Waals surface area contributed by atoms with Gasteiger partial charge in [0.2, 0.25) is 10.0 Å². The smallest absolute Gasteiger partial charge is 0.229 e. The van der Waals surface area contributed by atoms with Crippen LogP contribution in [0, 0.1) is 5.82 Å². The molecule has 0 amide bonds. The largest absolute Gasteiger partial charge is 0.381 e. The number of anilines is 2. The first-order chi connectivity index (χ1) is 9.83. The maximum Gasteiger partial charge on any atom is 0.229 e. The van der Waals surface area contributed by atoms with E-state index in [-0.39, 0.29) is 5.69 Å². The van der Waals surface area contributed by atoms with Gasteiger partial charge in [-0.05, 0) is 35.9 Å². The molecule has 0 unspecified atom stereocenters. The number of sulfonamides is 1. The van der Waals surface area contributed by atoms with Crippen molar-refractivity contribution in [3.8, 4) is 0 Å². The highest BCUT2D eigenvalue weighted by molar-refractivity contribution is 9.10. The summed E-state index contributed by atoms with van der Waals surface area (Å²) in [4.78, 5) is 0. The molecule has 2 aromatic rings. The van der Waals surface area contributed by atoms with Gasteiger partial charge >= 0.3 is 0 Å². The number of nitrogens with one attached hydrogen (secondary N) is 2. The number of rotatable bonds is 5. The van der Waals surface area contributed by atoms with Crippen LogP contribution in [0.5, 0.6) is 0 Å². The van der Waals surface area contributed by atoms with E-state index in [0.717, 1.165) is 16.3 Å². The number of benzene rings is 2. The highest BCUT2D eigenvalue weighted by atomic mass is 79.9. The molecule has 0 bridgehead atoms. The van der Waals surface area contributed by atoms with Gasteiger partial charge < -0.3 is 5.32 Å². The fraction of sp³-hybridized carbons (Fsp3) is 0.143. The van der Waals surface area contributed by atoms with Crippen molar-refractivity contribution < 1.29 is 12.8 Å². The fourth-order valence-electron chi connectivity index (χ4n) is 1.72. The Labute approximate surface area is 131 Å². The van der Waals surface area contributed by atoms with Crippen LogP contribution in [0.1, 0.15) is 5.56 Å². The zero-order chi connectivity index (χ0) is 15.5. The quantitative estimate of drug-likeness (QED) is 0.843. The van der Waals surface area contributed by atoms with E-state index in [1.54, 1.807) is 6.07 Å². The standard InChI is InChI=1S/C14H14BrFN2O2S/c1-21(19,20)18-14-8-12(6-7-13(14)16)17-9-10-2-4-11(15)5-3-10/h2-8,17-18H,9H2,1H3. The second-order valence-corrected chi connectivity index (χ2v) is 7.21. The Morgan fingerprint density at radius 2 is 1.81 bits per heavy atom. The van der Waals surface area contributed by atoms with Crippen LogP contribution in [0.2, 0.25) is 0 Å². The summed E-state index contributed by atoms with van der Waals surface area (Å²) in [6, 6.07) is 12.0. The second kappa shape index (κ2) is 6.44. The maximum absolute atomic E-state index is 13.5. The van der Waals surface area contributed by atoms with Gasteiger partial charge in [0.05, 0.1) is 11.9 Å². The van der Waals surface area contributed by atoms with Gasteiger partial charge in [-0.15, -0.1) is 0 Å². The average molecular weight is 373 g/mol. The Morgan fingerprint density at radius 3 is 2.43 bits per heavy atom. The van der Waals surface area contributed by atoms with Gasteiger partial charge in [0.1, 0.15) is 5.82 Å². The zero-order valence-corrected chi connectivity index (χ0v) is 13.6. The van der Waals surface area contributed by atoms with E-state index in [1.165, 1.54) is 12.1 Å². The van der Waals surface area contributed by atoms with Crippen molar-refractivity contribution in [1.29, 1.82) is 0 Å². The summed E-state index contributed by atoms with van der Waals surface area (Å²) in [5.74, 6) is -0.616. The summed E-state index contributed by atoms with van der Waals surface area (Å²) in [6.07, 6.45) is 0.981. The lowest BCUT2D eigenvalue weighted by molar-refractivity contribution is 0.604. The molecule has 0 aliphatic carbocycles. The van der Waals surface area contributed by atoms with Crippen LogP contribution >= 0.6 is 15.9 Å². The van der Waals surface area contributed by atoms with E-state index < -0.39 is 15.8 Å². The third-order valence-electron chi connectivity index (χ3n) is 2.67. The lowest BCUT2D eigenvalue weighted by Crippen LogP contribution is -2.11. The first kappa shape index (κ1) is 15.8. The van der Waals surface area contributed by atoms with Gasteiger partial charge in [0, 0.05) is 16.7 Å². The molecule has 7 heteroatoms. The molecule has 0 spiro atoms. The Morgan fingerprint density at radius 1 is 1.14 bits per heavy atom. The van der Waals surface area contributed by atoms with Crippen LogP contribution in [-0.4, -0.2) is 14.7 Å². The lowest BCUT2D eigenvalue weighted by Gasteiger charge is -2.10. The highest BCUT2D eigenvalue weighted by Gasteiger charge is 2.08. The average Bonchev–Trinajstić information content (AvgIpc) is 2.40. The minimum atomic E-state index is -3.51. The van der Waals surface area contributed by atoms with Crippen molar-refractivity contribution in [3.63, 3.8) is 0 Å². The summed E-state index contributed by atoms with van der Waals surface area (Å²) < 4.78 is 39.0. The topological polar surface area (TPSA) is 58.2 Å². The molecule has 0 heterocycles. The van der Waals surface area contributed by atoms with Gasteiger partial charge in [-0.1, -0.05) is 28.1 Å². The van der Waals surface area contributed by atoms with Crippen LogP contribution in [-0.2, 0) is 16.6 Å². The van der Waals surface area contributed by atoms with Crippen molar-refractivity contribution in [1.82, 2.24) is 0 Å². The lowest BCUT2D eigenvalue weighted by atomic mass is 10.2. The van der Waals surface area contributed by atoms with Gasteiger partial charge in [0.25, 0.3) is 0 Å². The monoisotopic (exact) mass is 372 g/mol. The number of hydrogen-bond acceptors (Lipinski definition) is 3. The van der Waals surface area contributed by atoms with Crippen molar-refractivity contribution in [3.05, 3.63) is 58.3 Å². The van der Waals surface area contributed by atoms with Gasteiger partial charge in [-0.2, -0.15) is 0 Å². The minimum absolute atomic E-state index is 0.0710. The van der Waals surface area contributed by atoms with Crippen molar-refractivity contribution in [2.75, 3.05) is 16.3 Å². The molecular formula is C14H14BrFN2O2S. The van der Waals surface area contributed by atoms with Gasteiger partial charge in [0.15, 0.2) is 0 Å². The second-order valence-electron chi connectivity index (χ2n) is 4.55. The molecule has 2 rings (SSSR count). The van der Waals surface area contributed by atoms with Crippen LogP contribution in [0.3, 0.4) is 0 Å². The molecule has 0 fully saturated rings. The predicted molar refractivity (Wildman–Crippen MR) is 86.3 cm³/mol. The van der Waals surface area contributed by atoms with E-state index in [1.807, 2.05) is 24.3 Å². The summed E-state index contributed by atoms with van der Waals surface area (Å²) in [7, 11) is -3.51. The van der Waals surface area contributed by atoms with Crippen molar-refractivity contribution in [2.24, 2.45) is 0 Å². The van der Waals surface area contributed by atoms with E-state index >= 15 is 0 Å². The molecule has 2 N–H and O–H groups in total. The first-order valence-corrected chi connectivity index (χ1v) is 8.77. The van der Waals surface area contributed by atoms with Crippen LogP contribution < -0.4 is 10.0 Å². The highest BCUT2D eigenvalue weighted by Crippen LogP contribution is 2.21. The Kier molecular flexibility index (Phi) is 4.84. The molecule has 2 aromatic carbocycles. The van der Waals surface area contributed by atoms with Crippen LogP contribution in [0.15, 0.2) is 46.9 Å². The Bertz CT molecular complexity index is 733. The molecule has 112 valence electrons. The van der Waals surface area contributed by atoms with E-state index in [9.17, 15) is 12.8 Å². The molecule has 4 nitrogen and oxygen atoms in total. The summed E-state index contributed by atoms with van der Waals surface area (Å²) in [6.45, 7) is 0.553. The predicted octanol–water partition coefficient (Wildman–Crippen LogP) is 3.57. The fourth-order valence-corrected chi connectivity index (χ4v) is 2.54. The van der Waals surface area contributed by atoms with Gasteiger partial charge in [-0.25, -0.2) is 12.8 Å². The molecule has 21 heavy (non-hydrogen) atoms. The third kappa shape index (κ3) is 5.02. The molecule has 0 atom stereocenters. The van der Waals surface area contributed by atoms with Gasteiger partial charge in [-0.3, -0.25) is 4.72 Å². The zero-order valence-electron chi connectivity index (χ0n) is 11.2. The number of halogens is 2. The molecule has 0 aromatic heterocycles.